The van der Waals surface area contributed by atoms with Gasteiger partial charge in [0.15, 0.2) is 17.3 Å². The lowest BCUT2D eigenvalue weighted by atomic mass is 10.1. The number of pyridine rings is 1. The molecule has 156 valence electrons. The molecule has 0 bridgehead atoms. The summed E-state index contributed by atoms with van der Waals surface area (Å²) in [5.74, 6) is 0.143. The number of carbonyl (C=O) groups excluding carboxylic acids is 2. The van der Waals surface area contributed by atoms with Gasteiger partial charge in [-0.05, 0) is 30.3 Å². The van der Waals surface area contributed by atoms with Crippen LogP contribution in [-0.2, 0) is 16.1 Å². The lowest BCUT2D eigenvalue weighted by Gasteiger charge is -2.09. The molecule has 8 nitrogen and oxygen atoms in total. The predicted molar refractivity (Wildman–Crippen MR) is 109 cm³/mol. The van der Waals surface area contributed by atoms with Crippen LogP contribution < -0.4 is 15.0 Å². The summed E-state index contributed by atoms with van der Waals surface area (Å²) in [6.45, 7) is -0.169. The number of aromatic nitrogens is 2. The number of methoxy groups -OCH3 is 2. The highest BCUT2D eigenvalue weighted by Gasteiger charge is 2.14. The molecule has 0 amide bonds. The standard InChI is InChI=1S/C21H19ClN2O6/c1-28-17-6-3-13(9-18(17)29-2)16(25)5-8-21(27)30-12-15-10-20(26)24-11-14(22)4-7-19(24)23-15/h3-4,6-7,9-11H,5,8,12H2,1-2H3. The highest BCUT2D eigenvalue weighted by atomic mass is 35.5. The van der Waals surface area contributed by atoms with Gasteiger partial charge in [-0.15, -0.1) is 0 Å². The Kier molecular flexibility index (Phi) is 6.68. The van der Waals surface area contributed by atoms with Crippen LogP contribution in [0.25, 0.3) is 5.65 Å². The number of Topliss-reactive ketones (excluding diaryl/α,β-unsaturated/α-hetero) is 1. The number of ether oxygens (including phenoxy) is 3. The van der Waals surface area contributed by atoms with E-state index in [-0.39, 0.29) is 30.8 Å². The number of rotatable bonds is 8. The Bertz CT molecular complexity index is 1160. The number of halogens is 1. The van der Waals surface area contributed by atoms with Crippen LogP contribution in [0.15, 0.2) is 47.4 Å². The van der Waals surface area contributed by atoms with Gasteiger partial charge in [0.25, 0.3) is 5.56 Å². The molecule has 1 aromatic carbocycles. The zero-order chi connectivity index (χ0) is 21.7. The molecule has 0 N–H and O–H groups in total. The third-order valence-electron chi connectivity index (χ3n) is 4.32. The van der Waals surface area contributed by atoms with Gasteiger partial charge in [-0.3, -0.25) is 18.8 Å². The van der Waals surface area contributed by atoms with Crippen molar-refractivity contribution in [3.05, 3.63) is 69.2 Å². The third kappa shape index (κ3) is 4.96. The van der Waals surface area contributed by atoms with Crippen LogP contribution in [0.5, 0.6) is 11.5 Å². The number of benzene rings is 1. The topological polar surface area (TPSA) is 96.2 Å². The van der Waals surface area contributed by atoms with E-state index in [0.29, 0.717) is 33.4 Å². The number of hydrogen-bond acceptors (Lipinski definition) is 7. The second kappa shape index (κ2) is 9.41. The Balaban J connectivity index is 1.57. The summed E-state index contributed by atoms with van der Waals surface area (Å²) in [6.07, 6.45) is 1.33. The molecule has 3 aromatic rings. The van der Waals surface area contributed by atoms with Gasteiger partial charge in [-0.2, -0.15) is 0 Å². The predicted octanol–water partition coefficient (Wildman–Crippen LogP) is 3.07. The first kappa shape index (κ1) is 21.3. The van der Waals surface area contributed by atoms with Gasteiger partial charge in [-0.1, -0.05) is 11.6 Å². The summed E-state index contributed by atoms with van der Waals surface area (Å²) < 4.78 is 16.8. The van der Waals surface area contributed by atoms with E-state index >= 15 is 0 Å². The molecule has 2 aromatic heterocycles. The van der Waals surface area contributed by atoms with Gasteiger partial charge in [0.2, 0.25) is 0 Å². The zero-order valence-electron chi connectivity index (χ0n) is 16.4. The summed E-state index contributed by atoms with van der Waals surface area (Å²) in [7, 11) is 2.98. The van der Waals surface area contributed by atoms with Crippen LogP contribution in [0.3, 0.4) is 0 Å². The van der Waals surface area contributed by atoms with Crippen molar-refractivity contribution in [1.82, 2.24) is 9.38 Å². The highest BCUT2D eigenvalue weighted by Crippen LogP contribution is 2.28. The lowest BCUT2D eigenvalue weighted by molar-refractivity contribution is -0.145. The normalized spacial score (nSPS) is 10.6. The average molecular weight is 431 g/mol. The molecule has 0 radical (unpaired) electrons. The first-order valence-electron chi connectivity index (χ1n) is 9.00. The molecule has 0 fully saturated rings. The van der Waals surface area contributed by atoms with E-state index < -0.39 is 5.97 Å². The largest absolute Gasteiger partial charge is 0.493 e. The molecule has 3 rings (SSSR count). The van der Waals surface area contributed by atoms with E-state index in [0.717, 1.165) is 0 Å². The van der Waals surface area contributed by atoms with Gasteiger partial charge in [0.1, 0.15) is 12.3 Å². The van der Waals surface area contributed by atoms with E-state index in [1.54, 1.807) is 30.3 Å². The third-order valence-corrected chi connectivity index (χ3v) is 4.54. The molecule has 9 heteroatoms. The van der Waals surface area contributed by atoms with Crippen molar-refractivity contribution >= 4 is 29.0 Å². The van der Waals surface area contributed by atoms with Crippen molar-refractivity contribution in [2.24, 2.45) is 0 Å². The summed E-state index contributed by atoms with van der Waals surface area (Å²) >= 11 is 5.87. The Hall–Kier alpha value is -3.39. The molecule has 0 aliphatic heterocycles. The number of hydrogen-bond donors (Lipinski definition) is 0. The van der Waals surface area contributed by atoms with Crippen molar-refractivity contribution in [3.8, 4) is 11.5 Å². The maximum Gasteiger partial charge on any atom is 0.306 e. The molecular formula is C21H19ClN2O6. The van der Waals surface area contributed by atoms with E-state index in [4.69, 9.17) is 25.8 Å². The van der Waals surface area contributed by atoms with E-state index in [9.17, 15) is 14.4 Å². The number of fused-ring (bicyclic) bond motifs is 1. The summed E-state index contributed by atoms with van der Waals surface area (Å²) in [5, 5.41) is 0.407. The van der Waals surface area contributed by atoms with Gasteiger partial charge in [0, 0.05) is 24.2 Å². The second-order valence-electron chi connectivity index (χ2n) is 6.31. The molecule has 0 atom stereocenters. The van der Waals surface area contributed by atoms with E-state index in [1.807, 2.05) is 0 Å². The van der Waals surface area contributed by atoms with Gasteiger partial charge in [0.05, 0.1) is 31.4 Å². The highest BCUT2D eigenvalue weighted by molar-refractivity contribution is 6.30. The number of nitrogens with zero attached hydrogens (tertiary/aromatic N) is 2. The second-order valence-corrected chi connectivity index (χ2v) is 6.75. The smallest absolute Gasteiger partial charge is 0.306 e. The molecule has 0 aliphatic rings. The monoisotopic (exact) mass is 430 g/mol. The maximum absolute atomic E-state index is 12.3. The number of esters is 1. The van der Waals surface area contributed by atoms with Crippen molar-refractivity contribution in [2.75, 3.05) is 14.2 Å². The number of carbonyl (C=O) groups is 2. The Morgan fingerprint density at radius 3 is 2.53 bits per heavy atom. The molecule has 2 heterocycles. The minimum atomic E-state index is -0.568. The van der Waals surface area contributed by atoms with Gasteiger partial charge >= 0.3 is 5.97 Å². The lowest BCUT2D eigenvalue weighted by Crippen LogP contribution is -2.16. The molecule has 0 saturated carbocycles. The average Bonchev–Trinajstić information content (AvgIpc) is 2.76. The van der Waals surface area contributed by atoms with Gasteiger partial charge in [-0.25, -0.2) is 4.98 Å². The zero-order valence-corrected chi connectivity index (χ0v) is 17.1. The fraction of sp³-hybridized carbons (Fsp3) is 0.238. The Labute approximate surface area is 177 Å². The van der Waals surface area contributed by atoms with Crippen LogP contribution in [0, 0.1) is 0 Å². The van der Waals surface area contributed by atoms with Crippen molar-refractivity contribution in [3.63, 3.8) is 0 Å². The SMILES string of the molecule is COc1ccc(C(=O)CCC(=O)OCc2cc(=O)n3cc(Cl)ccc3n2)cc1OC. The summed E-state index contributed by atoms with van der Waals surface area (Å²) in [5.41, 5.74) is 0.768. The Morgan fingerprint density at radius 1 is 1.03 bits per heavy atom. The van der Waals surface area contributed by atoms with Crippen LogP contribution in [0.1, 0.15) is 28.9 Å². The molecule has 30 heavy (non-hydrogen) atoms. The van der Waals surface area contributed by atoms with Crippen molar-refractivity contribution in [2.45, 2.75) is 19.4 Å². The fourth-order valence-electron chi connectivity index (χ4n) is 2.80. The first-order valence-corrected chi connectivity index (χ1v) is 9.37. The summed E-state index contributed by atoms with van der Waals surface area (Å²) in [4.78, 5) is 40.7. The van der Waals surface area contributed by atoms with Crippen LogP contribution in [-0.4, -0.2) is 35.4 Å². The van der Waals surface area contributed by atoms with Crippen molar-refractivity contribution < 1.29 is 23.8 Å². The van der Waals surface area contributed by atoms with Gasteiger partial charge < -0.3 is 14.2 Å². The number of ketones is 1. The van der Waals surface area contributed by atoms with Crippen LogP contribution >= 0.6 is 11.6 Å². The maximum atomic E-state index is 12.3. The van der Waals surface area contributed by atoms with E-state index in [1.165, 1.54) is 30.9 Å². The first-order chi connectivity index (χ1) is 14.4. The molecule has 0 saturated heterocycles. The minimum Gasteiger partial charge on any atom is -0.493 e. The van der Waals surface area contributed by atoms with Crippen LogP contribution in [0.2, 0.25) is 5.02 Å². The fourth-order valence-corrected chi connectivity index (χ4v) is 2.96. The molecule has 0 aliphatic carbocycles. The van der Waals surface area contributed by atoms with Crippen LogP contribution in [0.4, 0.5) is 0 Å². The molecular weight excluding hydrogens is 412 g/mol. The van der Waals surface area contributed by atoms with Crippen molar-refractivity contribution in [1.29, 1.82) is 0 Å². The Morgan fingerprint density at radius 2 is 1.80 bits per heavy atom. The minimum absolute atomic E-state index is 0.0272. The quantitative estimate of drug-likeness (QED) is 0.400. The molecule has 0 unspecified atom stereocenters. The molecule has 0 spiro atoms. The van der Waals surface area contributed by atoms with E-state index in [2.05, 4.69) is 4.98 Å². The summed E-state index contributed by atoms with van der Waals surface area (Å²) in [6, 6.07) is 9.27.